The van der Waals surface area contributed by atoms with Gasteiger partial charge in [0.05, 0.1) is 6.10 Å². The van der Waals surface area contributed by atoms with Crippen LogP contribution in [0.15, 0.2) is 53.8 Å². The minimum absolute atomic E-state index is 0.121. The van der Waals surface area contributed by atoms with E-state index in [0.29, 0.717) is 0 Å². The van der Waals surface area contributed by atoms with Crippen molar-refractivity contribution in [3.8, 4) is 0 Å². The van der Waals surface area contributed by atoms with E-state index < -0.39 is 8.32 Å². The van der Waals surface area contributed by atoms with E-state index in [4.69, 9.17) is 4.43 Å². The smallest absolute Gasteiger partial charge is 0.211 e. The lowest BCUT2D eigenvalue weighted by molar-refractivity contribution is 0.200. The second-order valence-corrected chi connectivity index (χ2v) is 9.73. The molecule has 0 aliphatic rings. The second kappa shape index (κ2) is 6.87. The van der Waals surface area contributed by atoms with Crippen LogP contribution in [0.4, 0.5) is 0 Å². The van der Waals surface area contributed by atoms with E-state index in [1.165, 1.54) is 11.1 Å². The highest BCUT2D eigenvalue weighted by molar-refractivity contribution is 6.76. The van der Waals surface area contributed by atoms with Crippen molar-refractivity contribution in [1.29, 1.82) is 0 Å². The Balaban J connectivity index is 2.93. The Labute approximate surface area is 119 Å². The number of hydrogen-bond donors (Lipinski definition) is 0. The van der Waals surface area contributed by atoms with E-state index in [1.807, 2.05) is 6.07 Å². The van der Waals surface area contributed by atoms with Gasteiger partial charge < -0.3 is 4.43 Å². The Hall–Kier alpha value is -1.12. The fourth-order valence-corrected chi connectivity index (χ4v) is 4.72. The number of hydrogen-bond acceptors (Lipinski definition) is 1. The van der Waals surface area contributed by atoms with Gasteiger partial charge in [0, 0.05) is 0 Å². The Morgan fingerprint density at radius 1 is 1.21 bits per heavy atom. The molecule has 0 bridgehead atoms. The van der Waals surface area contributed by atoms with Gasteiger partial charge in [0.25, 0.3) is 0 Å². The largest absolute Gasteiger partial charge is 0.406 e. The van der Waals surface area contributed by atoms with E-state index in [0.717, 1.165) is 12.0 Å². The van der Waals surface area contributed by atoms with E-state index in [9.17, 15) is 0 Å². The van der Waals surface area contributed by atoms with Crippen LogP contribution in [-0.4, -0.2) is 8.32 Å². The zero-order chi connectivity index (χ0) is 14.5. The first-order chi connectivity index (χ1) is 8.80. The Bertz CT molecular complexity index is 442. The average Bonchev–Trinajstić information content (AvgIpc) is 2.26. The van der Waals surface area contributed by atoms with Crippen molar-refractivity contribution >= 4 is 8.32 Å². The topological polar surface area (TPSA) is 9.23 Å². The summed E-state index contributed by atoms with van der Waals surface area (Å²) >= 11 is 0. The molecule has 0 radical (unpaired) electrons. The third-order valence-electron chi connectivity index (χ3n) is 2.79. The predicted molar refractivity (Wildman–Crippen MR) is 86.6 cm³/mol. The van der Waals surface area contributed by atoms with Gasteiger partial charge in [-0.05, 0) is 45.8 Å². The third kappa shape index (κ3) is 6.04. The van der Waals surface area contributed by atoms with Crippen molar-refractivity contribution < 1.29 is 4.43 Å². The zero-order valence-corrected chi connectivity index (χ0v) is 13.9. The van der Waals surface area contributed by atoms with E-state index in [-0.39, 0.29) is 6.10 Å². The van der Waals surface area contributed by atoms with Gasteiger partial charge in [0.1, 0.15) is 0 Å². The summed E-state index contributed by atoms with van der Waals surface area (Å²) in [5.41, 5.74) is 6.05. The van der Waals surface area contributed by atoms with Gasteiger partial charge in [0.15, 0.2) is 0 Å². The standard InChI is InChI=1S/C17H26OSi/c1-14(2)12-17(16-10-8-7-9-11-16)18-19(5,6)13-15(3)4/h7-11,13,17H,1,12H2,2-6H3. The first-order valence-corrected chi connectivity index (χ1v) is 9.82. The molecule has 19 heavy (non-hydrogen) atoms. The van der Waals surface area contributed by atoms with E-state index in [2.05, 4.69) is 70.4 Å². The molecule has 0 amide bonds. The molecule has 0 aliphatic carbocycles. The zero-order valence-electron chi connectivity index (χ0n) is 12.9. The molecule has 0 saturated heterocycles. The van der Waals surface area contributed by atoms with Gasteiger partial charge in [-0.3, -0.25) is 0 Å². The van der Waals surface area contributed by atoms with E-state index in [1.54, 1.807) is 0 Å². The Morgan fingerprint density at radius 3 is 2.26 bits per heavy atom. The molecule has 0 spiro atoms. The van der Waals surface area contributed by atoms with Crippen LogP contribution in [0, 0.1) is 0 Å². The van der Waals surface area contributed by atoms with Crippen molar-refractivity contribution in [3.63, 3.8) is 0 Å². The van der Waals surface area contributed by atoms with Gasteiger partial charge in [-0.1, -0.05) is 47.2 Å². The quantitative estimate of drug-likeness (QED) is 0.497. The van der Waals surface area contributed by atoms with Crippen molar-refractivity contribution in [2.24, 2.45) is 0 Å². The minimum atomic E-state index is -1.78. The molecule has 104 valence electrons. The van der Waals surface area contributed by atoms with Crippen LogP contribution in [0.25, 0.3) is 0 Å². The normalized spacial score (nSPS) is 12.9. The molecule has 0 aliphatic heterocycles. The Kier molecular flexibility index (Phi) is 5.76. The van der Waals surface area contributed by atoms with Gasteiger partial charge in [-0.15, -0.1) is 6.58 Å². The van der Waals surface area contributed by atoms with Crippen LogP contribution in [-0.2, 0) is 4.43 Å². The van der Waals surface area contributed by atoms with Gasteiger partial charge in [0.2, 0.25) is 8.32 Å². The summed E-state index contributed by atoms with van der Waals surface area (Å²) in [5, 5.41) is 0. The maximum absolute atomic E-state index is 6.45. The lowest BCUT2D eigenvalue weighted by atomic mass is 10.0. The average molecular weight is 274 g/mol. The van der Waals surface area contributed by atoms with Crippen LogP contribution in [0.1, 0.15) is 38.9 Å². The summed E-state index contributed by atoms with van der Waals surface area (Å²) in [5.74, 6) is 0. The molecule has 0 N–H and O–H groups in total. The molecule has 0 fully saturated rings. The monoisotopic (exact) mass is 274 g/mol. The number of rotatable bonds is 6. The van der Waals surface area contributed by atoms with Gasteiger partial charge in [-0.2, -0.15) is 0 Å². The maximum Gasteiger partial charge on any atom is 0.211 e. The summed E-state index contributed by atoms with van der Waals surface area (Å²) in [7, 11) is -1.78. The SMILES string of the molecule is C=C(C)CC(O[Si](C)(C)C=C(C)C)c1ccccc1. The predicted octanol–water partition coefficient (Wildman–Crippen LogP) is 5.42. The van der Waals surface area contributed by atoms with Crippen LogP contribution < -0.4 is 0 Å². The molecular weight excluding hydrogens is 248 g/mol. The summed E-state index contributed by atoms with van der Waals surface area (Å²) in [6.45, 7) is 14.9. The number of allylic oxidation sites excluding steroid dienone is 1. The van der Waals surface area contributed by atoms with E-state index >= 15 is 0 Å². The van der Waals surface area contributed by atoms with Crippen molar-refractivity contribution in [3.05, 3.63) is 59.3 Å². The Morgan fingerprint density at radius 2 is 1.79 bits per heavy atom. The molecule has 1 atom stereocenters. The fraction of sp³-hybridized carbons (Fsp3) is 0.412. The molecule has 2 heteroatoms. The van der Waals surface area contributed by atoms with Crippen molar-refractivity contribution in [2.45, 2.75) is 46.4 Å². The molecular formula is C17H26OSi. The molecule has 1 aromatic carbocycles. The first kappa shape index (κ1) is 15.9. The van der Waals surface area contributed by atoms with Gasteiger partial charge in [-0.25, -0.2) is 0 Å². The van der Waals surface area contributed by atoms with Crippen LogP contribution in [0.3, 0.4) is 0 Å². The number of benzene rings is 1. The summed E-state index contributed by atoms with van der Waals surface area (Å²) < 4.78 is 6.45. The minimum Gasteiger partial charge on any atom is -0.406 e. The molecule has 1 nitrogen and oxygen atoms in total. The second-order valence-electron chi connectivity index (χ2n) is 6.00. The fourth-order valence-electron chi connectivity index (χ4n) is 2.31. The molecule has 1 unspecified atom stereocenters. The molecule has 0 heterocycles. The van der Waals surface area contributed by atoms with Crippen molar-refractivity contribution in [2.75, 3.05) is 0 Å². The molecule has 0 saturated carbocycles. The van der Waals surface area contributed by atoms with Crippen LogP contribution in [0.2, 0.25) is 13.1 Å². The molecule has 0 aromatic heterocycles. The maximum atomic E-state index is 6.45. The van der Waals surface area contributed by atoms with Crippen LogP contribution >= 0.6 is 0 Å². The summed E-state index contributed by atoms with van der Waals surface area (Å²) in [4.78, 5) is 0. The highest BCUT2D eigenvalue weighted by Crippen LogP contribution is 2.28. The summed E-state index contributed by atoms with van der Waals surface area (Å²) in [6.07, 6.45) is 1.01. The lowest BCUT2D eigenvalue weighted by Gasteiger charge is -2.28. The highest BCUT2D eigenvalue weighted by atomic mass is 28.4. The third-order valence-corrected chi connectivity index (χ3v) is 4.95. The highest BCUT2D eigenvalue weighted by Gasteiger charge is 2.25. The summed E-state index contributed by atoms with van der Waals surface area (Å²) in [6, 6.07) is 10.5. The van der Waals surface area contributed by atoms with Gasteiger partial charge >= 0.3 is 0 Å². The lowest BCUT2D eigenvalue weighted by Crippen LogP contribution is -2.30. The van der Waals surface area contributed by atoms with Crippen molar-refractivity contribution in [1.82, 2.24) is 0 Å². The van der Waals surface area contributed by atoms with Crippen LogP contribution in [0.5, 0.6) is 0 Å². The molecule has 1 aromatic rings. The molecule has 1 rings (SSSR count). The first-order valence-electron chi connectivity index (χ1n) is 6.83.